The smallest absolute Gasteiger partial charge is 0.129 e. The van der Waals surface area contributed by atoms with Crippen molar-refractivity contribution in [1.29, 1.82) is 0 Å². The van der Waals surface area contributed by atoms with Crippen LogP contribution in [-0.2, 0) is 7.05 Å². The molecule has 0 bridgehead atoms. The van der Waals surface area contributed by atoms with Gasteiger partial charge in [0.25, 0.3) is 0 Å². The van der Waals surface area contributed by atoms with E-state index < -0.39 is 0 Å². The molecule has 1 aliphatic rings. The van der Waals surface area contributed by atoms with Gasteiger partial charge in [-0.2, -0.15) is 5.10 Å². The number of nitrogens with two attached hydrogens (primary N) is 1. The van der Waals surface area contributed by atoms with Crippen LogP contribution in [0.25, 0.3) is 11.1 Å². The normalized spacial score (nSPS) is 22.2. The lowest BCUT2D eigenvalue weighted by Gasteiger charge is -2.06. The zero-order valence-corrected chi connectivity index (χ0v) is 12.1. The molecule has 2 N–H and O–H groups in total. The average molecular weight is 306 g/mol. The second-order valence-corrected chi connectivity index (χ2v) is 5.92. The summed E-state index contributed by atoms with van der Waals surface area (Å²) in [4.78, 5) is 0. The number of aryl methyl sites for hydroxylation is 1. The van der Waals surface area contributed by atoms with Crippen LogP contribution in [0.2, 0.25) is 0 Å². The maximum Gasteiger partial charge on any atom is 0.129 e. The number of aromatic nitrogens is 2. The lowest BCUT2D eigenvalue weighted by atomic mass is 10.0. The summed E-state index contributed by atoms with van der Waals surface area (Å²) in [7, 11) is 1.91. The van der Waals surface area contributed by atoms with Gasteiger partial charge in [-0.25, -0.2) is 0 Å². The number of nitrogen functional groups attached to an aromatic ring is 1. The van der Waals surface area contributed by atoms with E-state index in [1.165, 1.54) is 6.42 Å². The van der Waals surface area contributed by atoms with Crippen LogP contribution in [0.3, 0.4) is 0 Å². The van der Waals surface area contributed by atoms with Crippen LogP contribution in [0.5, 0.6) is 0 Å². The van der Waals surface area contributed by atoms with Gasteiger partial charge in [-0.05, 0) is 18.4 Å². The highest BCUT2D eigenvalue weighted by atomic mass is 79.9. The summed E-state index contributed by atoms with van der Waals surface area (Å²) in [6.45, 7) is 2.26. The Morgan fingerprint density at radius 2 is 2.06 bits per heavy atom. The van der Waals surface area contributed by atoms with Gasteiger partial charge in [-0.15, -0.1) is 0 Å². The molecule has 0 spiro atoms. The standard InChI is InChI=1S/C14H16BrN3/c1-8-7-10(8)13-12(14(16)18(2)17-13)9-5-3-4-6-11(9)15/h3-6,8,10H,7,16H2,1-2H3. The maximum absolute atomic E-state index is 6.19. The van der Waals surface area contributed by atoms with Crippen molar-refractivity contribution in [2.45, 2.75) is 19.3 Å². The van der Waals surface area contributed by atoms with E-state index in [-0.39, 0.29) is 0 Å². The monoisotopic (exact) mass is 305 g/mol. The number of halogens is 1. The fourth-order valence-corrected chi connectivity index (χ4v) is 2.94. The first-order valence-corrected chi connectivity index (χ1v) is 6.96. The Hall–Kier alpha value is -1.29. The Morgan fingerprint density at radius 3 is 2.67 bits per heavy atom. The molecule has 4 heteroatoms. The van der Waals surface area contributed by atoms with Crippen LogP contribution >= 0.6 is 15.9 Å². The van der Waals surface area contributed by atoms with Crippen molar-refractivity contribution in [1.82, 2.24) is 9.78 Å². The molecule has 0 amide bonds. The van der Waals surface area contributed by atoms with Crippen LogP contribution in [0.4, 0.5) is 5.82 Å². The lowest BCUT2D eigenvalue weighted by molar-refractivity contribution is 0.743. The molecule has 2 atom stereocenters. The summed E-state index contributed by atoms with van der Waals surface area (Å²) in [5, 5.41) is 4.61. The molecule has 1 saturated carbocycles. The van der Waals surface area contributed by atoms with Gasteiger partial charge in [-0.1, -0.05) is 41.1 Å². The second-order valence-electron chi connectivity index (χ2n) is 5.07. The van der Waals surface area contributed by atoms with E-state index in [0.29, 0.717) is 5.92 Å². The van der Waals surface area contributed by atoms with Crippen molar-refractivity contribution in [2.75, 3.05) is 5.73 Å². The Kier molecular flexibility index (Phi) is 2.70. The number of hydrogen-bond acceptors (Lipinski definition) is 2. The zero-order valence-electron chi connectivity index (χ0n) is 10.5. The molecule has 1 heterocycles. The van der Waals surface area contributed by atoms with Crippen LogP contribution in [0.15, 0.2) is 28.7 Å². The molecular formula is C14H16BrN3. The molecule has 0 saturated heterocycles. The van der Waals surface area contributed by atoms with Crippen LogP contribution < -0.4 is 5.73 Å². The number of rotatable bonds is 2. The van der Waals surface area contributed by atoms with Gasteiger partial charge >= 0.3 is 0 Å². The topological polar surface area (TPSA) is 43.8 Å². The SMILES string of the molecule is CC1CC1c1nn(C)c(N)c1-c1ccccc1Br. The predicted octanol–water partition coefficient (Wildman–Crippen LogP) is 3.56. The first-order valence-electron chi connectivity index (χ1n) is 6.17. The van der Waals surface area contributed by atoms with Gasteiger partial charge in [0.15, 0.2) is 0 Å². The number of hydrogen-bond donors (Lipinski definition) is 1. The molecule has 3 nitrogen and oxygen atoms in total. The molecule has 1 aromatic heterocycles. The first kappa shape index (κ1) is 11.8. The number of benzene rings is 1. The zero-order chi connectivity index (χ0) is 12.9. The third-order valence-corrected chi connectivity index (χ3v) is 4.41. The molecular weight excluding hydrogens is 290 g/mol. The minimum atomic E-state index is 0.565. The Labute approximate surface area is 115 Å². The Bertz CT molecular complexity index is 603. The number of anilines is 1. The highest BCUT2D eigenvalue weighted by Crippen LogP contribution is 2.51. The minimum absolute atomic E-state index is 0.565. The van der Waals surface area contributed by atoms with Crippen molar-refractivity contribution in [2.24, 2.45) is 13.0 Å². The van der Waals surface area contributed by atoms with Crippen LogP contribution in [0, 0.1) is 5.92 Å². The van der Waals surface area contributed by atoms with Crippen LogP contribution in [0.1, 0.15) is 25.0 Å². The van der Waals surface area contributed by atoms with E-state index in [4.69, 9.17) is 5.73 Å². The van der Waals surface area contributed by atoms with E-state index in [1.807, 2.05) is 25.2 Å². The molecule has 94 valence electrons. The Balaban J connectivity index is 2.19. The van der Waals surface area contributed by atoms with E-state index in [9.17, 15) is 0 Å². The van der Waals surface area contributed by atoms with Gasteiger partial charge < -0.3 is 5.73 Å². The summed E-state index contributed by atoms with van der Waals surface area (Å²) in [6, 6.07) is 8.18. The summed E-state index contributed by atoms with van der Waals surface area (Å²) >= 11 is 3.60. The third-order valence-electron chi connectivity index (χ3n) is 3.72. The molecule has 2 unspecified atom stereocenters. The van der Waals surface area contributed by atoms with Gasteiger partial charge in [0.2, 0.25) is 0 Å². The fraction of sp³-hybridized carbons (Fsp3) is 0.357. The number of nitrogens with zero attached hydrogens (tertiary/aromatic N) is 2. The van der Waals surface area contributed by atoms with Crippen molar-refractivity contribution >= 4 is 21.7 Å². The first-order chi connectivity index (χ1) is 8.59. The van der Waals surface area contributed by atoms with E-state index in [2.05, 4.69) is 34.0 Å². The Morgan fingerprint density at radius 1 is 1.39 bits per heavy atom. The molecule has 0 aliphatic heterocycles. The largest absolute Gasteiger partial charge is 0.383 e. The van der Waals surface area contributed by atoms with Crippen molar-refractivity contribution in [3.63, 3.8) is 0 Å². The summed E-state index contributed by atoms with van der Waals surface area (Å²) in [5.74, 6) is 2.03. The lowest BCUT2D eigenvalue weighted by Crippen LogP contribution is -1.98. The quantitative estimate of drug-likeness (QED) is 0.922. The molecule has 3 rings (SSSR count). The third kappa shape index (κ3) is 1.75. The van der Waals surface area contributed by atoms with E-state index >= 15 is 0 Å². The van der Waals surface area contributed by atoms with Crippen LogP contribution in [-0.4, -0.2) is 9.78 Å². The van der Waals surface area contributed by atoms with E-state index in [1.54, 1.807) is 4.68 Å². The van der Waals surface area contributed by atoms with Gasteiger partial charge in [0, 0.05) is 28.6 Å². The summed E-state index contributed by atoms with van der Waals surface area (Å²) < 4.78 is 2.86. The highest BCUT2D eigenvalue weighted by Gasteiger charge is 2.39. The summed E-state index contributed by atoms with van der Waals surface area (Å²) in [6.07, 6.45) is 1.22. The molecule has 18 heavy (non-hydrogen) atoms. The molecule has 1 fully saturated rings. The molecule has 0 radical (unpaired) electrons. The van der Waals surface area contributed by atoms with Gasteiger partial charge in [0.1, 0.15) is 5.82 Å². The van der Waals surface area contributed by atoms with E-state index in [0.717, 1.165) is 33.0 Å². The van der Waals surface area contributed by atoms with Gasteiger partial charge in [0.05, 0.1) is 5.69 Å². The second kappa shape index (κ2) is 4.12. The fourth-order valence-electron chi connectivity index (χ4n) is 2.46. The predicted molar refractivity (Wildman–Crippen MR) is 77.3 cm³/mol. The molecule has 1 aliphatic carbocycles. The van der Waals surface area contributed by atoms with Crippen molar-refractivity contribution in [3.05, 3.63) is 34.4 Å². The molecule has 2 aromatic rings. The average Bonchev–Trinajstić information content (AvgIpc) is 2.99. The highest BCUT2D eigenvalue weighted by molar-refractivity contribution is 9.10. The maximum atomic E-state index is 6.19. The summed E-state index contributed by atoms with van der Waals surface area (Å²) in [5.41, 5.74) is 9.58. The molecule has 1 aromatic carbocycles. The minimum Gasteiger partial charge on any atom is -0.383 e. The van der Waals surface area contributed by atoms with Crippen molar-refractivity contribution in [3.8, 4) is 11.1 Å². The van der Waals surface area contributed by atoms with Crippen molar-refractivity contribution < 1.29 is 0 Å². The van der Waals surface area contributed by atoms with Gasteiger partial charge in [-0.3, -0.25) is 4.68 Å².